The van der Waals surface area contributed by atoms with Crippen molar-refractivity contribution in [2.24, 2.45) is 5.73 Å². The number of carbonyl (C=O) groups is 1. The van der Waals surface area contributed by atoms with Gasteiger partial charge < -0.3 is 15.6 Å². The number of H-pyrrole nitrogens is 1. The van der Waals surface area contributed by atoms with Gasteiger partial charge in [-0.3, -0.25) is 9.59 Å². The molecule has 3 rings (SSSR count). The highest BCUT2D eigenvalue weighted by molar-refractivity contribution is 5.85. The lowest BCUT2D eigenvalue weighted by Crippen LogP contribution is -2.34. The Balaban J connectivity index is 0.00000225. The topological polar surface area (TPSA) is 92.1 Å². The number of nitrogens with one attached hydrogen (secondary N) is 1. The number of aromatic nitrogens is 2. The first-order valence-electron chi connectivity index (χ1n) is 8.10. The number of halogens is 1. The Morgan fingerprint density at radius 1 is 1.28 bits per heavy atom. The van der Waals surface area contributed by atoms with Gasteiger partial charge in [0.15, 0.2) is 0 Å². The van der Waals surface area contributed by atoms with Crippen LogP contribution in [0.4, 0.5) is 0 Å². The molecular weight excluding hydrogens is 340 g/mol. The van der Waals surface area contributed by atoms with Crippen molar-refractivity contribution in [2.75, 3.05) is 13.1 Å². The molecular formula is C18H23ClN4O2. The SMILES string of the molecule is Cc1nc(C)c(CC(=O)N2C[C@@H](N)[C@H](c3ccccc3)C2)c(=O)[nH]1.Cl. The van der Waals surface area contributed by atoms with Crippen LogP contribution in [0, 0.1) is 13.8 Å². The van der Waals surface area contributed by atoms with Gasteiger partial charge in [-0.15, -0.1) is 12.4 Å². The number of amides is 1. The van der Waals surface area contributed by atoms with Gasteiger partial charge in [-0.2, -0.15) is 0 Å². The Kier molecular flexibility index (Phi) is 5.98. The van der Waals surface area contributed by atoms with Crippen LogP contribution in [0.3, 0.4) is 0 Å². The van der Waals surface area contributed by atoms with Crippen LogP contribution in [0.2, 0.25) is 0 Å². The second kappa shape index (κ2) is 7.80. The third-order valence-corrected chi connectivity index (χ3v) is 4.61. The van der Waals surface area contributed by atoms with E-state index in [0.717, 1.165) is 5.56 Å². The Bertz CT molecular complexity index is 806. The maximum Gasteiger partial charge on any atom is 0.254 e. The minimum absolute atomic E-state index is 0. The van der Waals surface area contributed by atoms with Crippen molar-refractivity contribution in [3.8, 4) is 0 Å². The molecule has 1 aromatic heterocycles. The average molecular weight is 363 g/mol. The standard InChI is InChI=1S/C18H22N4O2.ClH/c1-11-14(18(24)21-12(2)20-11)8-17(23)22-9-15(16(19)10-22)13-6-4-3-5-7-13;/h3-7,15-16H,8-10,19H2,1-2H3,(H,20,21,24);1H/t15-,16+;/m0./s1. The molecule has 1 fully saturated rings. The quantitative estimate of drug-likeness (QED) is 0.860. The Morgan fingerprint density at radius 2 is 1.96 bits per heavy atom. The third kappa shape index (κ3) is 4.08. The Hall–Kier alpha value is -2.18. The number of nitrogens with zero attached hydrogens (tertiary/aromatic N) is 2. The molecule has 1 saturated heterocycles. The molecule has 1 aliphatic heterocycles. The lowest BCUT2D eigenvalue weighted by molar-refractivity contribution is -0.129. The molecule has 1 aliphatic rings. The first-order valence-corrected chi connectivity index (χ1v) is 8.10. The smallest absolute Gasteiger partial charge is 0.254 e. The zero-order valence-corrected chi connectivity index (χ0v) is 15.2. The van der Waals surface area contributed by atoms with E-state index in [1.165, 1.54) is 0 Å². The van der Waals surface area contributed by atoms with E-state index in [2.05, 4.69) is 9.97 Å². The fourth-order valence-corrected chi connectivity index (χ4v) is 3.31. The van der Waals surface area contributed by atoms with Crippen LogP contribution in [0.25, 0.3) is 0 Å². The van der Waals surface area contributed by atoms with Crippen molar-refractivity contribution in [3.63, 3.8) is 0 Å². The van der Waals surface area contributed by atoms with Crippen LogP contribution in [-0.2, 0) is 11.2 Å². The second-order valence-corrected chi connectivity index (χ2v) is 6.37. The van der Waals surface area contributed by atoms with Crippen molar-refractivity contribution in [1.82, 2.24) is 14.9 Å². The summed E-state index contributed by atoms with van der Waals surface area (Å²) in [5.41, 5.74) is 8.18. The van der Waals surface area contributed by atoms with Crippen LogP contribution in [-0.4, -0.2) is 39.9 Å². The summed E-state index contributed by atoms with van der Waals surface area (Å²) in [7, 11) is 0. The summed E-state index contributed by atoms with van der Waals surface area (Å²) in [6, 6.07) is 9.91. The number of hydrogen-bond donors (Lipinski definition) is 2. The molecule has 0 radical (unpaired) electrons. The predicted molar refractivity (Wildman–Crippen MR) is 99.0 cm³/mol. The molecule has 3 N–H and O–H groups in total. The maximum atomic E-state index is 12.6. The van der Waals surface area contributed by atoms with Gasteiger partial charge in [-0.25, -0.2) is 4.98 Å². The van der Waals surface area contributed by atoms with E-state index < -0.39 is 0 Å². The van der Waals surface area contributed by atoms with Gasteiger partial charge in [0.2, 0.25) is 5.91 Å². The molecule has 25 heavy (non-hydrogen) atoms. The number of aromatic amines is 1. The zero-order valence-electron chi connectivity index (χ0n) is 14.4. The lowest BCUT2D eigenvalue weighted by atomic mass is 9.95. The molecule has 7 heteroatoms. The van der Waals surface area contributed by atoms with Crippen LogP contribution >= 0.6 is 12.4 Å². The largest absolute Gasteiger partial charge is 0.340 e. The van der Waals surface area contributed by atoms with Gasteiger partial charge in [0, 0.05) is 36.3 Å². The van der Waals surface area contributed by atoms with Crippen molar-refractivity contribution >= 4 is 18.3 Å². The van der Waals surface area contributed by atoms with E-state index in [1.54, 1.807) is 18.7 Å². The summed E-state index contributed by atoms with van der Waals surface area (Å²) < 4.78 is 0. The number of carbonyl (C=O) groups excluding carboxylic acids is 1. The summed E-state index contributed by atoms with van der Waals surface area (Å²) in [5, 5.41) is 0. The van der Waals surface area contributed by atoms with E-state index in [1.807, 2.05) is 30.3 Å². The zero-order chi connectivity index (χ0) is 17.3. The number of rotatable bonds is 3. The molecule has 1 amide bonds. The van der Waals surface area contributed by atoms with Crippen LogP contribution in [0.1, 0.15) is 28.6 Å². The highest BCUT2D eigenvalue weighted by Gasteiger charge is 2.34. The lowest BCUT2D eigenvalue weighted by Gasteiger charge is -2.17. The summed E-state index contributed by atoms with van der Waals surface area (Å²) >= 11 is 0. The van der Waals surface area contributed by atoms with Crippen LogP contribution in [0.15, 0.2) is 35.1 Å². The first-order chi connectivity index (χ1) is 11.5. The summed E-state index contributed by atoms with van der Waals surface area (Å²) in [4.78, 5) is 33.3. The molecule has 2 heterocycles. The van der Waals surface area contributed by atoms with Gasteiger partial charge in [0.1, 0.15) is 5.82 Å². The molecule has 2 aromatic rings. The number of nitrogens with two attached hydrogens (primary N) is 1. The van der Waals surface area contributed by atoms with Gasteiger partial charge >= 0.3 is 0 Å². The summed E-state index contributed by atoms with van der Waals surface area (Å²) in [5.74, 6) is 0.606. The molecule has 0 unspecified atom stereocenters. The highest BCUT2D eigenvalue weighted by Crippen LogP contribution is 2.26. The van der Waals surface area contributed by atoms with E-state index in [9.17, 15) is 9.59 Å². The number of aryl methyl sites for hydroxylation is 2. The van der Waals surface area contributed by atoms with Crippen molar-refractivity contribution in [1.29, 1.82) is 0 Å². The Morgan fingerprint density at radius 3 is 2.60 bits per heavy atom. The molecule has 2 atom stereocenters. The molecule has 0 aliphatic carbocycles. The van der Waals surface area contributed by atoms with Crippen molar-refractivity contribution < 1.29 is 4.79 Å². The number of likely N-dealkylation sites (tertiary alicyclic amines) is 1. The first kappa shape index (κ1) is 19.1. The van der Waals surface area contributed by atoms with Gasteiger partial charge in [0.25, 0.3) is 5.56 Å². The van der Waals surface area contributed by atoms with Crippen molar-refractivity contribution in [3.05, 3.63) is 63.3 Å². The van der Waals surface area contributed by atoms with Crippen LogP contribution in [0.5, 0.6) is 0 Å². The minimum Gasteiger partial charge on any atom is -0.340 e. The number of hydrogen-bond acceptors (Lipinski definition) is 4. The van der Waals surface area contributed by atoms with E-state index in [-0.39, 0.29) is 42.3 Å². The summed E-state index contributed by atoms with van der Waals surface area (Å²) in [6.07, 6.45) is 0.0582. The highest BCUT2D eigenvalue weighted by atomic mass is 35.5. The fraction of sp³-hybridized carbons (Fsp3) is 0.389. The molecule has 134 valence electrons. The molecule has 1 aromatic carbocycles. The molecule has 0 spiro atoms. The van der Waals surface area contributed by atoms with Crippen LogP contribution < -0.4 is 11.3 Å². The predicted octanol–water partition coefficient (Wildman–Crippen LogP) is 1.30. The van der Waals surface area contributed by atoms with Gasteiger partial charge in [-0.1, -0.05) is 30.3 Å². The third-order valence-electron chi connectivity index (χ3n) is 4.61. The van der Waals surface area contributed by atoms with Crippen molar-refractivity contribution in [2.45, 2.75) is 32.2 Å². The monoisotopic (exact) mass is 362 g/mol. The number of benzene rings is 1. The van der Waals surface area contributed by atoms with E-state index >= 15 is 0 Å². The van der Waals surface area contributed by atoms with E-state index in [4.69, 9.17) is 5.73 Å². The summed E-state index contributed by atoms with van der Waals surface area (Å²) in [6.45, 7) is 4.58. The molecule has 0 saturated carbocycles. The van der Waals surface area contributed by atoms with E-state index in [0.29, 0.717) is 30.2 Å². The normalized spacial score (nSPS) is 19.6. The van der Waals surface area contributed by atoms with Gasteiger partial charge in [0.05, 0.1) is 6.42 Å². The maximum absolute atomic E-state index is 12.6. The average Bonchev–Trinajstić information content (AvgIpc) is 2.93. The molecule has 6 nitrogen and oxygen atoms in total. The fourth-order valence-electron chi connectivity index (χ4n) is 3.31. The molecule has 0 bridgehead atoms. The van der Waals surface area contributed by atoms with Gasteiger partial charge in [-0.05, 0) is 19.4 Å². The minimum atomic E-state index is -0.239. The second-order valence-electron chi connectivity index (χ2n) is 6.37. The Labute approximate surface area is 152 Å².